The maximum absolute atomic E-state index is 9.36. The Bertz CT molecular complexity index is 3040. The predicted molar refractivity (Wildman–Crippen MR) is 414 cm³/mol. The van der Waals surface area contributed by atoms with E-state index in [1.807, 2.05) is 20.8 Å². The Kier molecular flexibility index (Phi) is 42.3. The molecule has 0 unspecified atom stereocenters. The molecule has 5 aromatic rings. The van der Waals surface area contributed by atoms with Crippen molar-refractivity contribution in [3.63, 3.8) is 0 Å². The highest BCUT2D eigenvalue weighted by atomic mass is 35.6. The molecule has 0 saturated carbocycles. The molecule has 0 atom stereocenters. The molecule has 2 N–H and O–H groups in total. The summed E-state index contributed by atoms with van der Waals surface area (Å²) in [7, 11) is 9.51. The molecule has 4 aliphatic heterocycles. The van der Waals surface area contributed by atoms with Gasteiger partial charge in [-0.25, -0.2) is 0 Å². The Labute approximate surface area is 645 Å². The fourth-order valence-electron chi connectivity index (χ4n) is 8.90. The Morgan fingerprint density at radius 2 is 0.691 bits per heavy atom. The topological polar surface area (TPSA) is 91.9 Å². The van der Waals surface area contributed by atoms with Crippen molar-refractivity contribution in [3.8, 4) is 28.7 Å². The molecular weight excluding hydrogens is 1590 g/mol. The van der Waals surface area contributed by atoms with Gasteiger partial charge in [0, 0.05) is 176 Å². The van der Waals surface area contributed by atoms with Gasteiger partial charge in [-0.15, -0.1) is 11.6 Å². The molecule has 9 rings (SSSR count). The average Bonchev–Trinajstić information content (AvgIpc) is 0.930. The zero-order valence-corrected chi connectivity index (χ0v) is 66.7. The van der Waals surface area contributed by atoms with Crippen molar-refractivity contribution in [1.82, 2.24) is 20.0 Å². The van der Waals surface area contributed by atoms with Crippen molar-refractivity contribution in [2.24, 2.45) is 0 Å². The number of benzene rings is 5. The number of hydrogen-bond acceptors (Lipinski definition) is 13. The van der Waals surface area contributed by atoms with Gasteiger partial charge in [-0.1, -0.05) is 211 Å². The fourth-order valence-corrected chi connectivity index (χ4v) is 13.3. The van der Waals surface area contributed by atoms with Crippen LogP contribution in [-0.4, -0.2) is 183 Å². The van der Waals surface area contributed by atoms with Gasteiger partial charge >= 0.3 is 0 Å². The quantitative estimate of drug-likeness (QED) is 0.110. The van der Waals surface area contributed by atoms with Crippen molar-refractivity contribution in [2.45, 2.75) is 31.0 Å². The van der Waals surface area contributed by atoms with Crippen molar-refractivity contribution in [1.29, 1.82) is 0 Å². The SMILES string of the molecule is CC.CN1CCN(c2c(Cl)cc(O)cc2Cl)CC1.CN1CCN(c2c(Cl)cc(OCC=C(Cl)Cl)cc2Cl)CC1.COc1cc(Cl)c(C)c(Cl)c1.COc1cc(Cl)c(N2CCN(C)CC2)c(Cl)c1.ClC(Cl)=CCOc1cc(Cl)c(N2CCNCC2)c(Cl)c1.ClCCC(Cl)(Cl)Cl. The van der Waals surface area contributed by atoms with Crippen LogP contribution in [0.1, 0.15) is 25.8 Å². The van der Waals surface area contributed by atoms with E-state index in [0.29, 0.717) is 85.5 Å². The Morgan fingerprint density at radius 3 is 0.936 bits per heavy atom. The van der Waals surface area contributed by atoms with Crippen molar-refractivity contribution in [2.75, 3.05) is 179 Å². The molecule has 0 aliphatic carbocycles. The number of anilines is 4. The normalized spacial score (nSPS) is 15.0. The number of nitrogens with one attached hydrogen (secondary N) is 1. The van der Waals surface area contributed by atoms with Crippen LogP contribution in [0.2, 0.25) is 50.2 Å². The summed E-state index contributed by atoms with van der Waals surface area (Å²) in [4.78, 5) is 15.6. The smallest absolute Gasteiger partial charge is 0.191 e. The summed E-state index contributed by atoms with van der Waals surface area (Å²) in [5.41, 5.74) is 4.35. The molecule has 0 aromatic heterocycles. The monoisotopic (exact) mass is 1660 g/mol. The van der Waals surface area contributed by atoms with Crippen LogP contribution < -0.4 is 43.9 Å². The van der Waals surface area contributed by atoms with Crippen molar-refractivity contribution >= 4 is 232 Å². The Balaban J connectivity index is 0.000000300. The van der Waals surface area contributed by atoms with Crippen LogP contribution in [0.3, 0.4) is 0 Å². The van der Waals surface area contributed by atoms with E-state index in [2.05, 4.69) is 60.8 Å². The van der Waals surface area contributed by atoms with Crippen LogP contribution in [0.5, 0.6) is 28.7 Å². The van der Waals surface area contributed by atoms with Crippen molar-refractivity contribution in [3.05, 3.63) is 138 Å². The van der Waals surface area contributed by atoms with Crippen LogP contribution in [0.4, 0.5) is 22.7 Å². The van der Waals surface area contributed by atoms with Gasteiger partial charge in [0.1, 0.15) is 50.9 Å². The van der Waals surface area contributed by atoms with E-state index in [9.17, 15) is 5.11 Å². The number of phenolic OH excluding ortho intramolecular Hbond substituents is 1. The second-order valence-electron chi connectivity index (χ2n) is 20.7. The van der Waals surface area contributed by atoms with Gasteiger partial charge < -0.3 is 63.7 Å². The standard InChI is InChI=1S/C14H16Cl4N2O.C13H14Cl4N2O.C12H16Cl2N2O.C11H14Cl2N2O.C8H8Cl2O.C3H4Cl4.C2H6/c1-19-3-5-20(6-4-19)14-11(15)8-10(9-12(14)16)21-7-2-13(17)18;14-10-7-9(20-6-1-12(16)17)8-11(15)13(10)19-4-2-18-3-5-19;1-15-3-5-16(6-4-15)12-10(13)7-9(17-2)8-11(12)14;1-14-2-4-15(5-3-14)11-9(12)6-8(16)7-10(11)13;1-5-7(9)3-6(11-2)4-8(5)10;4-2-1-3(5,6)7;1-2/h2,8-9H,3-7H2,1H3;1,7-8,18H,2-6H2;7-8H,3-6H2,1-2H3;6-7,16H,2-5H2,1H3;3-4H,1-2H3;1-2H2;1-2H3. The predicted octanol–water partition coefficient (Wildman–Crippen LogP) is 21.1. The summed E-state index contributed by atoms with van der Waals surface area (Å²) >= 11 is 105. The highest BCUT2D eigenvalue weighted by Gasteiger charge is 2.24. The number of hydrogen-bond donors (Lipinski definition) is 2. The third kappa shape index (κ3) is 31.4. The fraction of sp³-hybridized carbons (Fsp3) is 0.460. The summed E-state index contributed by atoms with van der Waals surface area (Å²) in [5, 5.41) is 18.6. The highest BCUT2D eigenvalue weighted by molar-refractivity contribution is 6.67. The summed E-state index contributed by atoms with van der Waals surface area (Å²) in [6, 6.07) is 17.2. The number of alkyl halides is 4. The lowest BCUT2D eigenvalue weighted by Gasteiger charge is -2.35. The lowest BCUT2D eigenvalue weighted by atomic mass is 10.2. The molecule has 4 saturated heterocycles. The highest BCUT2D eigenvalue weighted by Crippen LogP contribution is 2.42. The summed E-state index contributed by atoms with van der Waals surface area (Å²) in [6.07, 6.45) is 3.51. The number of rotatable bonds is 13. The molecule has 4 heterocycles. The maximum atomic E-state index is 9.36. The first-order chi connectivity index (χ1) is 44.4. The number of likely N-dealkylation sites (N-methyl/N-ethyl adjacent to an activating group) is 3. The van der Waals surface area contributed by atoms with E-state index in [0.717, 1.165) is 133 Å². The van der Waals surface area contributed by atoms with Crippen LogP contribution >= 0.6 is 209 Å². The van der Waals surface area contributed by atoms with E-state index < -0.39 is 3.79 Å². The van der Waals surface area contributed by atoms with Gasteiger partial charge in [0.25, 0.3) is 0 Å². The van der Waals surface area contributed by atoms with Gasteiger partial charge in [0.05, 0.1) is 77.2 Å². The van der Waals surface area contributed by atoms with E-state index in [-0.39, 0.29) is 27.9 Å². The number of piperazine rings is 4. The minimum absolute atomic E-state index is 0.105. The minimum atomic E-state index is -1.16. The van der Waals surface area contributed by atoms with Crippen LogP contribution in [0, 0.1) is 6.92 Å². The lowest BCUT2D eigenvalue weighted by Crippen LogP contribution is -2.44. The maximum Gasteiger partial charge on any atom is 0.191 e. The molecular formula is C63H78Cl18N8O5. The van der Waals surface area contributed by atoms with Gasteiger partial charge in [-0.3, -0.25) is 0 Å². The molecule has 0 amide bonds. The van der Waals surface area contributed by atoms with Gasteiger partial charge in [0.15, 0.2) is 3.79 Å². The number of methoxy groups -OCH3 is 2. The number of phenols is 1. The van der Waals surface area contributed by atoms with E-state index in [1.165, 1.54) is 12.1 Å². The van der Waals surface area contributed by atoms with Gasteiger partial charge in [0.2, 0.25) is 0 Å². The van der Waals surface area contributed by atoms with Gasteiger partial charge in [-0.05, 0) is 57.9 Å². The Morgan fingerprint density at radius 1 is 0.436 bits per heavy atom. The van der Waals surface area contributed by atoms with Crippen molar-refractivity contribution < 1.29 is 24.1 Å². The molecule has 0 bridgehead atoms. The second-order valence-corrected chi connectivity index (χ2v) is 29.6. The third-order valence-corrected chi connectivity index (χ3v) is 18.4. The number of ether oxygens (including phenoxy) is 4. The number of halogens is 18. The second kappa shape index (κ2) is 45.7. The molecule has 4 aliphatic rings. The van der Waals surface area contributed by atoms with Gasteiger partial charge in [-0.2, -0.15) is 0 Å². The van der Waals surface area contributed by atoms with E-state index in [4.69, 9.17) is 228 Å². The largest absolute Gasteiger partial charge is 0.508 e. The third-order valence-electron chi connectivity index (χ3n) is 13.9. The summed E-state index contributed by atoms with van der Waals surface area (Å²) < 4.78 is 20.2. The summed E-state index contributed by atoms with van der Waals surface area (Å²) in [5.74, 6) is 3.05. The van der Waals surface area contributed by atoms with E-state index in [1.54, 1.807) is 74.9 Å². The van der Waals surface area contributed by atoms with Crippen LogP contribution in [0.25, 0.3) is 0 Å². The number of nitrogens with zero attached hydrogens (tertiary/aromatic N) is 7. The lowest BCUT2D eigenvalue weighted by molar-refractivity contribution is 0.313. The molecule has 5 aromatic carbocycles. The Hall–Kier alpha value is -1.16. The molecule has 94 heavy (non-hydrogen) atoms. The first-order valence-corrected chi connectivity index (χ1v) is 36.3. The van der Waals surface area contributed by atoms with Crippen LogP contribution in [0.15, 0.2) is 81.8 Å². The molecule has 4 fully saturated rings. The molecule has 526 valence electrons. The first kappa shape index (κ1) is 87.1. The average molecular weight is 1670 g/mol. The minimum Gasteiger partial charge on any atom is -0.508 e. The number of aromatic hydroxyl groups is 1. The van der Waals surface area contributed by atoms with Crippen LogP contribution in [-0.2, 0) is 0 Å². The molecule has 31 heteroatoms. The zero-order chi connectivity index (χ0) is 70.4. The molecule has 0 radical (unpaired) electrons. The molecule has 0 spiro atoms. The zero-order valence-electron chi connectivity index (χ0n) is 53.1. The molecule has 13 nitrogen and oxygen atoms in total. The summed E-state index contributed by atoms with van der Waals surface area (Å²) in [6.45, 7) is 21.5. The van der Waals surface area contributed by atoms with E-state index >= 15 is 0 Å². The first-order valence-electron chi connectivity index (χ1n) is 29.3.